The first-order valence-electron chi connectivity index (χ1n) is 5.61. The van der Waals surface area contributed by atoms with E-state index in [1.807, 2.05) is 19.1 Å². The minimum atomic E-state index is 0.124. The van der Waals surface area contributed by atoms with Gasteiger partial charge in [0, 0.05) is 17.5 Å². The van der Waals surface area contributed by atoms with Crippen molar-refractivity contribution < 1.29 is 19.0 Å². The lowest BCUT2D eigenvalue weighted by molar-refractivity contribution is -0.108. The van der Waals surface area contributed by atoms with E-state index in [-0.39, 0.29) is 12.7 Å². The van der Waals surface area contributed by atoms with E-state index in [0.29, 0.717) is 13.0 Å². The van der Waals surface area contributed by atoms with Crippen LogP contribution in [0.3, 0.4) is 0 Å². The van der Waals surface area contributed by atoms with E-state index < -0.39 is 0 Å². The number of ether oxygens (including phenoxy) is 3. The lowest BCUT2D eigenvalue weighted by Gasteiger charge is -2.22. The first-order chi connectivity index (χ1) is 8.26. The molecule has 92 valence electrons. The summed E-state index contributed by atoms with van der Waals surface area (Å²) in [4.78, 5) is 10.6. The van der Waals surface area contributed by atoms with Crippen LogP contribution in [0.15, 0.2) is 12.1 Å². The van der Waals surface area contributed by atoms with Crippen LogP contribution in [0.1, 0.15) is 30.4 Å². The minimum absolute atomic E-state index is 0.124. The molecular weight excluding hydrogens is 220 g/mol. The first kappa shape index (κ1) is 11.9. The van der Waals surface area contributed by atoms with Crippen molar-refractivity contribution in [1.29, 1.82) is 0 Å². The van der Waals surface area contributed by atoms with E-state index in [1.54, 1.807) is 7.11 Å². The Balaban J connectivity index is 2.39. The van der Waals surface area contributed by atoms with Gasteiger partial charge in [-0.15, -0.1) is 0 Å². The van der Waals surface area contributed by atoms with Gasteiger partial charge in [0.15, 0.2) is 6.79 Å². The summed E-state index contributed by atoms with van der Waals surface area (Å²) in [7, 11) is 1.63. The lowest BCUT2D eigenvalue weighted by Crippen LogP contribution is -2.12. The average Bonchev–Trinajstić information content (AvgIpc) is 2.37. The molecule has 0 spiro atoms. The van der Waals surface area contributed by atoms with Crippen LogP contribution in [0.2, 0.25) is 0 Å². The highest BCUT2D eigenvalue weighted by atomic mass is 16.7. The highest BCUT2D eigenvalue weighted by molar-refractivity contribution is 5.54. The second kappa shape index (κ2) is 5.19. The molecule has 1 aromatic carbocycles. The van der Waals surface area contributed by atoms with Crippen LogP contribution in [-0.4, -0.2) is 20.2 Å². The molecule has 1 aromatic rings. The Morgan fingerprint density at radius 2 is 2.35 bits per heavy atom. The van der Waals surface area contributed by atoms with Gasteiger partial charge in [0.1, 0.15) is 17.8 Å². The zero-order chi connectivity index (χ0) is 12.3. The van der Waals surface area contributed by atoms with E-state index in [1.165, 1.54) is 0 Å². The predicted octanol–water partition coefficient (Wildman–Crippen LogP) is 2.25. The molecule has 1 aliphatic heterocycles. The average molecular weight is 236 g/mol. The Hall–Kier alpha value is -1.55. The lowest BCUT2D eigenvalue weighted by atomic mass is 9.95. The third kappa shape index (κ3) is 2.42. The summed E-state index contributed by atoms with van der Waals surface area (Å²) in [6.07, 6.45) is 1.40. The van der Waals surface area contributed by atoms with Crippen molar-refractivity contribution in [2.45, 2.75) is 25.9 Å². The molecular formula is C13H16O4. The Morgan fingerprint density at radius 1 is 1.53 bits per heavy atom. The van der Waals surface area contributed by atoms with Gasteiger partial charge in [0.05, 0.1) is 13.7 Å². The van der Waals surface area contributed by atoms with Gasteiger partial charge in [0.25, 0.3) is 0 Å². The SMILES string of the molecule is COc1cc2c(cc1C(C)CC=O)OCOC2. The molecule has 1 aliphatic rings. The molecule has 0 N–H and O–H groups in total. The van der Waals surface area contributed by atoms with E-state index in [2.05, 4.69) is 0 Å². The van der Waals surface area contributed by atoms with E-state index in [4.69, 9.17) is 14.2 Å². The maximum absolute atomic E-state index is 10.6. The summed E-state index contributed by atoms with van der Waals surface area (Å²) in [6, 6.07) is 3.87. The molecule has 1 heterocycles. The van der Waals surface area contributed by atoms with Gasteiger partial charge < -0.3 is 19.0 Å². The third-order valence-electron chi connectivity index (χ3n) is 2.95. The second-order valence-corrected chi connectivity index (χ2v) is 4.12. The summed E-state index contributed by atoms with van der Waals surface area (Å²) in [5, 5.41) is 0. The van der Waals surface area contributed by atoms with Crippen molar-refractivity contribution in [1.82, 2.24) is 0 Å². The molecule has 0 aliphatic carbocycles. The zero-order valence-electron chi connectivity index (χ0n) is 10.1. The maximum Gasteiger partial charge on any atom is 0.189 e. The van der Waals surface area contributed by atoms with Crippen LogP contribution in [0.25, 0.3) is 0 Å². The smallest absolute Gasteiger partial charge is 0.189 e. The van der Waals surface area contributed by atoms with Crippen molar-refractivity contribution in [2.75, 3.05) is 13.9 Å². The number of aldehydes is 1. The Kier molecular flexibility index (Phi) is 3.64. The van der Waals surface area contributed by atoms with Gasteiger partial charge in [-0.3, -0.25) is 0 Å². The standard InChI is InChI=1S/C13H16O4/c1-9(3-4-14)11-6-12-10(5-13(11)15-2)7-16-8-17-12/h4-6,9H,3,7-8H2,1-2H3. The monoisotopic (exact) mass is 236 g/mol. The van der Waals surface area contributed by atoms with Crippen molar-refractivity contribution in [3.8, 4) is 11.5 Å². The molecule has 2 rings (SSSR count). The fourth-order valence-corrected chi connectivity index (χ4v) is 1.95. The molecule has 17 heavy (non-hydrogen) atoms. The van der Waals surface area contributed by atoms with E-state index in [0.717, 1.165) is 28.9 Å². The van der Waals surface area contributed by atoms with Crippen LogP contribution in [-0.2, 0) is 16.1 Å². The number of hydrogen-bond acceptors (Lipinski definition) is 4. The molecule has 0 radical (unpaired) electrons. The zero-order valence-corrected chi connectivity index (χ0v) is 10.1. The molecule has 0 aromatic heterocycles. The van der Waals surface area contributed by atoms with Gasteiger partial charge in [-0.05, 0) is 18.1 Å². The van der Waals surface area contributed by atoms with Gasteiger partial charge in [0.2, 0.25) is 0 Å². The van der Waals surface area contributed by atoms with E-state index >= 15 is 0 Å². The highest BCUT2D eigenvalue weighted by Crippen LogP contribution is 2.36. The van der Waals surface area contributed by atoms with Crippen molar-refractivity contribution in [2.24, 2.45) is 0 Å². The molecule has 0 bridgehead atoms. The van der Waals surface area contributed by atoms with Crippen LogP contribution >= 0.6 is 0 Å². The van der Waals surface area contributed by atoms with E-state index in [9.17, 15) is 4.79 Å². The topological polar surface area (TPSA) is 44.8 Å². The molecule has 0 fully saturated rings. The van der Waals surface area contributed by atoms with Crippen LogP contribution in [0.4, 0.5) is 0 Å². The largest absolute Gasteiger partial charge is 0.496 e. The van der Waals surface area contributed by atoms with Crippen molar-refractivity contribution >= 4 is 6.29 Å². The molecule has 0 amide bonds. The Bertz CT molecular complexity index is 414. The highest BCUT2D eigenvalue weighted by Gasteiger charge is 2.18. The number of rotatable bonds is 4. The first-order valence-corrected chi connectivity index (χ1v) is 5.61. The van der Waals surface area contributed by atoms with Crippen LogP contribution < -0.4 is 9.47 Å². The third-order valence-corrected chi connectivity index (χ3v) is 2.95. The fourth-order valence-electron chi connectivity index (χ4n) is 1.95. The van der Waals surface area contributed by atoms with Crippen molar-refractivity contribution in [3.63, 3.8) is 0 Å². The number of carbonyl (C=O) groups excluding carboxylic acids is 1. The normalized spacial score (nSPS) is 15.6. The summed E-state index contributed by atoms with van der Waals surface area (Å²) in [5.74, 6) is 1.73. The quantitative estimate of drug-likeness (QED) is 0.752. The number of fused-ring (bicyclic) bond motifs is 1. The molecule has 0 saturated heterocycles. The summed E-state index contributed by atoms with van der Waals surface area (Å²) in [6.45, 7) is 2.81. The number of hydrogen-bond donors (Lipinski definition) is 0. The molecule has 4 heteroatoms. The van der Waals surface area contributed by atoms with Crippen LogP contribution in [0.5, 0.6) is 11.5 Å². The van der Waals surface area contributed by atoms with Crippen LogP contribution in [0, 0.1) is 0 Å². The minimum Gasteiger partial charge on any atom is -0.496 e. The summed E-state index contributed by atoms with van der Waals surface area (Å²) < 4.78 is 16.0. The number of benzene rings is 1. The molecule has 4 nitrogen and oxygen atoms in total. The maximum atomic E-state index is 10.6. The van der Waals surface area contributed by atoms with Gasteiger partial charge in [-0.1, -0.05) is 6.92 Å². The predicted molar refractivity (Wildman–Crippen MR) is 62.4 cm³/mol. The van der Waals surface area contributed by atoms with Gasteiger partial charge in [-0.25, -0.2) is 0 Å². The molecule has 1 unspecified atom stereocenters. The Morgan fingerprint density at radius 3 is 3.06 bits per heavy atom. The Labute approximate surface area is 100 Å². The summed E-state index contributed by atoms with van der Waals surface area (Å²) in [5.41, 5.74) is 1.98. The number of methoxy groups -OCH3 is 1. The number of carbonyl (C=O) groups is 1. The fraction of sp³-hybridized carbons (Fsp3) is 0.462. The second-order valence-electron chi connectivity index (χ2n) is 4.12. The van der Waals surface area contributed by atoms with Gasteiger partial charge in [-0.2, -0.15) is 0 Å². The summed E-state index contributed by atoms with van der Waals surface area (Å²) >= 11 is 0. The molecule has 1 atom stereocenters. The van der Waals surface area contributed by atoms with Gasteiger partial charge >= 0.3 is 0 Å². The molecule has 0 saturated carbocycles. The van der Waals surface area contributed by atoms with Crippen molar-refractivity contribution in [3.05, 3.63) is 23.3 Å².